The van der Waals surface area contributed by atoms with Crippen LogP contribution in [0.2, 0.25) is 0 Å². The summed E-state index contributed by atoms with van der Waals surface area (Å²) in [5.41, 5.74) is 4.87. The average Bonchev–Trinajstić information content (AvgIpc) is 1.35. The summed E-state index contributed by atoms with van der Waals surface area (Å²) in [6.07, 6.45) is 0. The molecule has 0 heterocycles. The quantitative estimate of drug-likeness (QED) is 0.222. The average molecular weight is 166 g/mol. The Kier molecular flexibility index (Phi) is 23.6. The fourth-order valence-corrected chi connectivity index (χ4v) is 0.247. The molecule has 0 amide bonds. The van der Waals surface area contributed by atoms with E-state index in [1.165, 1.54) is 0 Å². The van der Waals surface area contributed by atoms with Crippen LogP contribution in [0.15, 0.2) is 0 Å². The molecule has 0 fully saturated rings. The number of thiocarbonyl (C=S) groups is 1. The van der Waals surface area contributed by atoms with E-state index in [1.807, 2.05) is 0 Å². The number of hydrogen-bond acceptors (Lipinski definition) is 3. The maximum Gasteiger partial charge on any atom is 1.00 e. The summed E-state index contributed by atoms with van der Waals surface area (Å²) in [5.74, 6) is 0. The van der Waals surface area contributed by atoms with Crippen molar-refractivity contribution in [1.82, 2.24) is 0 Å². The van der Waals surface area contributed by atoms with Gasteiger partial charge in [-0.1, -0.05) is 12.2 Å². The molecule has 8 heavy (non-hydrogen) atoms. The molecule has 0 aromatic rings. The predicted octanol–water partition coefficient (Wildman–Crippen LogP) is -5.32. The van der Waals surface area contributed by atoms with Crippen LogP contribution in [0, 0.1) is 10.7 Å². The third-order valence-electron chi connectivity index (χ3n) is 0.146. The van der Waals surface area contributed by atoms with E-state index in [-0.39, 0.29) is 66.3 Å². The van der Waals surface area contributed by atoms with Crippen LogP contribution in [0.5, 0.6) is 0 Å². The molecule has 36 valence electrons. The third-order valence-corrected chi connectivity index (χ3v) is 0.689. The van der Waals surface area contributed by atoms with Gasteiger partial charge in [0, 0.05) is 11.8 Å². The fraction of sp³-hybridized carbons (Fsp3) is 0. The normalized spacial score (nSPS) is 4.88. The molecule has 0 rings (SSSR count). The van der Waals surface area contributed by atoms with Crippen LogP contribution in [0.1, 0.15) is 2.85 Å². The summed E-state index contributed by atoms with van der Waals surface area (Å²) < 4.78 is 0.178. The topological polar surface area (TPSA) is 49.8 Å². The number of rotatable bonds is 0. The smallest absolute Gasteiger partial charge is 1.00 e. The number of thiocyanates is 1. The second-order valence-corrected chi connectivity index (χ2v) is 2.04. The summed E-state index contributed by atoms with van der Waals surface area (Å²) in [6.45, 7) is 0. The molecular weight excluding hydrogens is 162 g/mol. The summed E-state index contributed by atoms with van der Waals surface area (Å²) in [5, 5.41) is 9.50. The van der Waals surface area contributed by atoms with Crippen molar-refractivity contribution in [3.05, 3.63) is 0 Å². The van der Waals surface area contributed by atoms with E-state index in [4.69, 9.17) is 11.0 Å². The summed E-state index contributed by atoms with van der Waals surface area (Å²) in [7, 11) is 0. The molecule has 0 radical (unpaired) electrons. The van der Waals surface area contributed by atoms with Crippen LogP contribution in [-0.2, 0) is 0 Å². The molecule has 0 saturated heterocycles. The molecule has 0 aliphatic carbocycles. The number of nitriles is 1. The van der Waals surface area contributed by atoms with Gasteiger partial charge in [-0.15, -0.1) is 0 Å². The first-order valence-electron chi connectivity index (χ1n) is 1.12. The molecule has 0 aromatic carbocycles. The SMILES string of the molecule is N#CSC(N)=S.[H-].[H-].[Na+].[Na+]. The zero-order chi connectivity index (χ0) is 4.99. The molecule has 0 aromatic heterocycles. The van der Waals surface area contributed by atoms with Crippen molar-refractivity contribution in [1.29, 1.82) is 5.26 Å². The van der Waals surface area contributed by atoms with Gasteiger partial charge in [0.2, 0.25) is 0 Å². The molecule has 0 saturated carbocycles. The molecule has 0 aliphatic rings. The summed E-state index contributed by atoms with van der Waals surface area (Å²) in [6, 6.07) is 0. The minimum absolute atomic E-state index is 0. The number of hydrogen-bond donors (Lipinski definition) is 1. The Bertz CT molecular complexity index is 106. The van der Waals surface area contributed by atoms with Gasteiger partial charge in [0.15, 0.2) is 0 Å². The molecule has 2 nitrogen and oxygen atoms in total. The minimum Gasteiger partial charge on any atom is -1.00 e. The Morgan fingerprint density at radius 1 is 1.75 bits per heavy atom. The van der Waals surface area contributed by atoms with E-state index in [0.717, 1.165) is 11.8 Å². The Balaban J connectivity index is -0.0000000208. The van der Waals surface area contributed by atoms with Gasteiger partial charge in [-0.05, 0) is 0 Å². The van der Waals surface area contributed by atoms with Crippen molar-refractivity contribution >= 4 is 28.3 Å². The zero-order valence-corrected chi connectivity index (χ0v) is 10.5. The zero-order valence-electron chi connectivity index (χ0n) is 6.84. The van der Waals surface area contributed by atoms with Gasteiger partial charge >= 0.3 is 59.1 Å². The largest absolute Gasteiger partial charge is 1.00 e. The summed E-state index contributed by atoms with van der Waals surface area (Å²) >= 11 is 5.11. The molecule has 0 unspecified atom stereocenters. The van der Waals surface area contributed by atoms with Gasteiger partial charge in [0.25, 0.3) is 0 Å². The van der Waals surface area contributed by atoms with E-state index in [0.29, 0.717) is 0 Å². The van der Waals surface area contributed by atoms with Crippen molar-refractivity contribution in [2.75, 3.05) is 0 Å². The fourth-order valence-electron chi connectivity index (χ4n) is 0.0450. The van der Waals surface area contributed by atoms with E-state index in [9.17, 15) is 0 Å². The van der Waals surface area contributed by atoms with Crippen LogP contribution in [0.4, 0.5) is 0 Å². The van der Waals surface area contributed by atoms with Crippen LogP contribution < -0.4 is 64.8 Å². The standard InChI is InChI=1S/C2H2N2S2.2Na.2H/c3-1-6-2(4)5;;;;/h(H2,4,5);;;;/q;2*+1;2*-1. The van der Waals surface area contributed by atoms with Gasteiger partial charge in [-0.25, -0.2) is 0 Å². The van der Waals surface area contributed by atoms with Gasteiger partial charge in [0.1, 0.15) is 9.72 Å². The number of nitrogens with zero attached hydrogens (tertiary/aromatic N) is 1. The van der Waals surface area contributed by atoms with Gasteiger partial charge in [-0.2, -0.15) is 5.26 Å². The number of thioether (sulfide) groups is 1. The van der Waals surface area contributed by atoms with E-state index in [1.54, 1.807) is 5.40 Å². The Hall–Kier alpha value is 1.73. The van der Waals surface area contributed by atoms with Crippen molar-refractivity contribution in [3.63, 3.8) is 0 Å². The Labute approximate surface area is 105 Å². The maximum absolute atomic E-state index is 7.78. The van der Waals surface area contributed by atoms with Crippen molar-refractivity contribution in [2.45, 2.75) is 0 Å². The van der Waals surface area contributed by atoms with E-state index < -0.39 is 0 Å². The van der Waals surface area contributed by atoms with Crippen molar-refractivity contribution < 1.29 is 62.0 Å². The van der Waals surface area contributed by atoms with Gasteiger partial charge in [0.05, 0.1) is 0 Å². The van der Waals surface area contributed by atoms with Crippen molar-refractivity contribution in [3.8, 4) is 5.40 Å². The first kappa shape index (κ1) is 16.4. The van der Waals surface area contributed by atoms with Crippen molar-refractivity contribution in [2.24, 2.45) is 5.73 Å². The predicted molar refractivity (Wildman–Crippen MR) is 32.2 cm³/mol. The minimum atomic E-state index is 0. The molecule has 2 N–H and O–H groups in total. The van der Waals surface area contributed by atoms with Crippen LogP contribution in [-0.4, -0.2) is 4.32 Å². The second kappa shape index (κ2) is 11.5. The Morgan fingerprint density at radius 2 is 2.12 bits per heavy atom. The Morgan fingerprint density at radius 3 is 2.12 bits per heavy atom. The molecule has 6 heteroatoms. The second-order valence-electron chi connectivity index (χ2n) is 0.512. The summed E-state index contributed by atoms with van der Waals surface area (Å²) in [4.78, 5) is 0. The van der Waals surface area contributed by atoms with Gasteiger partial charge in [-0.3, -0.25) is 0 Å². The van der Waals surface area contributed by atoms with Gasteiger partial charge < -0.3 is 8.59 Å². The van der Waals surface area contributed by atoms with Crippen LogP contribution in [0.25, 0.3) is 0 Å². The monoisotopic (exact) mass is 166 g/mol. The molecule has 0 bridgehead atoms. The molecule has 0 spiro atoms. The third kappa shape index (κ3) is 15.6. The van der Waals surface area contributed by atoms with E-state index >= 15 is 0 Å². The maximum atomic E-state index is 7.78. The molecular formula is C2H4N2Na2S2. The molecule has 0 atom stereocenters. The van der Waals surface area contributed by atoms with E-state index in [2.05, 4.69) is 12.2 Å². The molecule has 0 aliphatic heterocycles. The van der Waals surface area contributed by atoms with Crippen LogP contribution >= 0.6 is 24.0 Å². The first-order chi connectivity index (χ1) is 2.77. The van der Waals surface area contributed by atoms with Crippen LogP contribution in [0.3, 0.4) is 0 Å². The number of nitrogens with two attached hydrogens (primary N) is 1. The first-order valence-corrected chi connectivity index (χ1v) is 2.35.